The second-order valence-electron chi connectivity index (χ2n) is 5.64. The molecular weight excluding hydrogens is 278 g/mol. The first-order valence-corrected chi connectivity index (χ1v) is 8.08. The highest BCUT2D eigenvalue weighted by molar-refractivity contribution is 6.21. The van der Waals surface area contributed by atoms with Crippen molar-refractivity contribution >= 4 is 11.6 Å². The Morgan fingerprint density at radius 2 is 1.62 bits per heavy atom. The van der Waals surface area contributed by atoms with Crippen molar-refractivity contribution in [2.75, 3.05) is 13.6 Å². The molecule has 1 atom stereocenters. The van der Waals surface area contributed by atoms with Gasteiger partial charge < -0.3 is 4.90 Å². The summed E-state index contributed by atoms with van der Waals surface area (Å²) in [7, 11) is 2.12. The topological polar surface area (TPSA) is 3.24 Å². The molecule has 0 radical (unpaired) electrons. The van der Waals surface area contributed by atoms with Crippen LogP contribution < -0.4 is 0 Å². The maximum Gasteiger partial charge on any atom is 0.0712 e. The summed E-state index contributed by atoms with van der Waals surface area (Å²) < 4.78 is 0. The van der Waals surface area contributed by atoms with Crippen molar-refractivity contribution in [3.05, 3.63) is 71.3 Å². The van der Waals surface area contributed by atoms with Gasteiger partial charge >= 0.3 is 0 Å². The standard InChI is InChI=1S/C19H24ClN/c1-3-7-16-10-12-18(13-11-16)19(20)15-21(2)14-17-8-5-4-6-9-17/h4-6,8-13,19H,3,7,14-15H2,1-2H3. The van der Waals surface area contributed by atoms with Crippen molar-refractivity contribution in [3.63, 3.8) is 0 Å². The molecule has 0 aliphatic rings. The second kappa shape index (κ2) is 8.21. The predicted octanol–water partition coefficient (Wildman–Crippen LogP) is 5.05. The Morgan fingerprint density at radius 1 is 0.952 bits per heavy atom. The van der Waals surface area contributed by atoms with Gasteiger partial charge in [0.15, 0.2) is 0 Å². The molecule has 0 amide bonds. The Morgan fingerprint density at radius 3 is 2.24 bits per heavy atom. The summed E-state index contributed by atoms with van der Waals surface area (Å²) in [5, 5.41) is 0.0365. The summed E-state index contributed by atoms with van der Waals surface area (Å²) in [4.78, 5) is 2.27. The largest absolute Gasteiger partial charge is 0.300 e. The SMILES string of the molecule is CCCc1ccc(C(Cl)CN(C)Cc2ccccc2)cc1. The molecule has 2 aromatic rings. The van der Waals surface area contributed by atoms with Crippen LogP contribution in [0.25, 0.3) is 0 Å². The zero-order valence-corrected chi connectivity index (χ0v) is 13.7. The van der Waals surface area contributed by atoms with E-state index in [-0.39, 0.29) is 5.38 Å². The summed E-state index contributed by atoms with van der Waals surface area (Å²) in [6.45, 7) is 3.98. The van der Waals surface area contributed by atoms with Crippen molar-refractivity contribution in [3.8, 4) is 0 Å². The van der Waals surface area contributed by atoms with E-state index in [1.807, 2.05) is 6.07 Å². The lowest BCUT2D eigenvalue weighted by molar-refractivity contribution is 0.327. The van der Waals surface area contributed by atoms with E-state index in [1.54, 1.807) is 0 Å². The van der Waals surface area contributed by atoms with Gasteiger partial charge in [0.05, 0.1) is 5.38 Å². The van der Waals surface area contributed by atoms with Gasteiger partial charge in [-0.05, 0) is 30.2 Å². The van der Waals surface area contributed by atoms with E-state index in [9.17, 15) is 0 Å². The zero-order valence-electron chi connectivity index (χ0n) is 12.9. The fourth-order valence-electron chi connectivity index (χ4n) is 2.52. The third kappa shape index (κ3) is 5.18. The van der Waals surface area contributed by atoms with Crippen molar-refractivity contribution in [2.45, 2.75) is 31.7 Å². The molecule has 1 nitrogen and oxygen atoms in total. The Hall–Kier alpha value is -1.31. The molecule has 0 fully saturated rings. The molecule has 2 aromatic carbocycles. The van der Waals surface area contributed by atoms with Crippen LogP contribution in [-0.2, 0) is 13.0 Å². The number of halogens is 1. The van der Waals surface area contributed by atoms with Crippen LogP contribution in [0.5, 0.6) is 0 Å². The molecular formula is C19H24ClN. The quantitative estimate of drug-likeness (QED) is 0.647. The van der Waals surface area contributed by atoms with Crippen LogP contribution in [0.4, 0.5) is 0 Å². The summed E-state index contributed by atoms with van der Waals surface area (Å²) in [5.74, 6) is 0. The van der Waals surface area contributed by atoms with Crippen LogP contribution in [0.1, 0.15) is 35.4 Å². The molecule has 21 heavy (non-hydrogen) atoms. The van der Waals surface area contributed by atoms with Crippen molar-refractivity contribution in [1.82, 2.24) is 4.90 Å². The van der Waals surface area contributed by atoms with E-state index >= 15 is 0 Å². The molecule has 0 aliphatic carbocycles. The number of hydrogen-bond acceptors (Lipinski definition) is 1. The fraction of sp³-hybridized carbons (Fsp3) is 0.368. The van der Waals surface area contributed by atoms with Gasteiger partial charge in [0.25, 0.3) is 0 Å². The molecule has 2 heteroatoms. The first kappa shape index (κ1) is 16.1. The van der Waals surface area contributed by atoms with Crippen molar-refractivity contribution < 1.29 is 0 Å². The Bertz CT molecular complexity index is 521. The van der Waals surface area contributed by atoms with Crippen LogP contribution in [0.2, 0.25) is 0 Å². The second-order valence-corrected chi connectivity index (χ2v) is 6.17. The summed E-state index contributed by atoms with van der Waals surface area (Å²) in [6, 6.07) is 19.2. The van der Waals surface area contributed by atoms with E-state index in [0.29, 0.717) is 0 Å². The van der Waals surface area contributed by atoms with E-state index in [4.69, 9.17) is 11.6 Å². The molecule has 0 bridgehead atoms. The molecule has 0 saturated heterocycles. The van der Waals surface area contributed by atoms with Crippen LogP contribution in [0, 0.1) is 0 Å². The number of nitrogens with zero attached hydrogens (tertiary/aromatic N) is 1. The number of rotatable bonds is 7. The summed E-state index contributed by atoms with van der Waals surface area (Å²) in [6.07, 6.45) is 2.32. The van der Waals surface area contributed by atoms with E-state index < -0.39 is 0 Å². The Balaban J connectivity index is 1.89. The normalized spacial score (nSPS) is 12.6. The lowest BCUT2D eigenvalue weighted by Crippen LogP contribution is -2.22. The third-order valence-electron chi connectivity index (χ3n) is 3.65. The minimum Gasteiger partial charge on any atom is -0.300 e. The molecule has 0 aliphatic heterocycles. The van der Waals surface area contributed by atoms with E-state index in [0.717, 1.165) is 19.5 Å². The lowest BCUT2D eigenvalue weighted by Gasteiger charge is -2.20. The number of likely N-dealkylation sites (N-methyl/N-ethyl adjacent to an activating group) is 1. The molecule has 2 rings (SSSR count). The van der Waals surface area contributed by atoms with Gasteiger partial charge in [-0.3, -0.25) is 0 Å². The maximum atomic E-state index is 6.56. The average molecular weight is 302 g/mol. The lowest BCUT2D eigenvalue weighted by atomic mass is 10.1. The van der Waals surface area contributed by atoms with Crippen LogP contribution in [0.15, 0.2) is 54.6 Å². The highest BCUT2D eigenvalue weighted by Gasteiger charge is 2.11. The monoisotopic (exact) mass is 301 g/mol. The van der Waals surface area contributed by atoms with Gasteiger partial charge in [-0.15, -0.1) is 11.6 Å². The molecule has 0 N–H and O–H groups in total. The van der Waals surface area contributed by atoms with Crippen LogP contribution >= 0.6 is 11.6 Å². The molecule has 0 heterocycles. The van der Waals surface area contributed by atoms with Crippen molar-refractivity contribution in [2.24, 2.45) is 0 Å². The third-order valence-corrected chi connectivity index (χ3v) is 4.04. The molecule has 112 valence electrons. The van der Waals surface area contributed by atoms with Gasteiger partial charge in [-0.1, -0.05) is 67.9 Å². The van der Waals surface area contributed by atoms with E-state index in [1.165, 1.54) is 23.1 Å². The highest BCUT2D eigenvalue weighted by atomic mass is 35.5. The van der Waals surface area contributed by atoms with Gasteiger partial charge in [0, 0.05) is 13.1 Å². The van der Waals surface area contributed by atoms with Crippen LogP contribution in [-0.4, -0.2) is 18.5 Å². The van der Waals surface area contributed by atoms with Crippen LogP contribution in [0.3, 0.4) is 0 Å². The van der Waals surface area contributed by atoms with Gasteiger partial charge in [0.2, 0.25) is 0 Å². The number of benzene rings is 2. The van der Waals surface area contributed by atoms with Gasteiger partial charge in [-0.25, -0.2) is 0 Å². The molecule has 0 aromatic heterocycles. The highest BCUT2D eigenvalue weighted by Crippen LogP contribution is 2.22. The minimum atomic E-state index is 0.0365. The first-order chi connectivity index (χ1) is 10.2. The summed E-state index contributed by atoms with van der Waals surface area (Å²) >= 11 is 6.56. The predicted molar refractivity (Wildman–Crippen MR) is 91.8 cm³/mol. The molecule has 1 unspecified atom stereocenters. The zero-order chi connectivity index (χ0) is 15.1. The van der Waals surface area contributed by atoms with E-state index in [2.05, 4.69) is 67.4 Å². The maximum absolute atomic E-state index is 6.56. The smallest absolute Gasteiger partial charge is 0.0712 e. The Labute approximate surface area is 133 Å². The number of aryl methyl sites for hydroxylation is 1. The molecule has 0 spiro atoms. The minimum absolute atomic E-state index is 0.0365. The first-order valence-electron chi connectivity index (χ1n) is 7.64. The van der Waals surface area contributed by atoms with Gasteiger partial charge in [0.1, 0.15) is 0 Å². The van der Waals surface area contributed by atoms with Crippen molar-refractivity contribution in [1.29, 1.82) is 0 Å². The number of hydrogen-bond donors (Lipinski definition) is 0. The number of alkyl halides is 1. The fourth-order valence-corrected chi connectivity index (χ4v) is 2.90. The average Bonchev–Trinajstić information content (AvgIpc) is 2.49. The Kier molecular flexibility index (Phi) is 6.28. The van der Waals surface area contributed by atoms with Gasteiger partial charge in [-0.2, -0.15) is 0 Å². The summed E-state index contributed by atoms with van der Waals surface area (Å²) in [5.41, 5.74) is 3.92. The molecule has 0 saturated carbocycles.